The molecule has 1 atom stereocenters. The van der Waals surface area contributed by atoms with Crippen LogP contribution in [-0.4, -0.2) is 68.8 Å². The van der Waals surface area contributed by atoms with Gasteiger partial charge in [0.25, 0.3) is 11.8 Å². The standard InChI is InChI=1S/C34H34N2O12/c1-34(2,3)48-33(41)21(15-37)36-28(39)16-44-31-29-22(38)13-24(47-26(29)14-27(42-4)30(31)43-5)18-7-6-8-20(11-18)35-32(40)19-9-10-23-25(12-19)46-17-45-23/h6-14,21,37H,15-17H2,1-5H3,(H,35,40)(H,36,39)/t21-/m0/s1. The lowest BCUT2D eigenvalue weighted by Gasteiger charge is -2.23. The van der Waals surface area contributed by atoms with E-state index in [1.807, 2.05) is 0 Å². The van der Waals surface area contributed by atoms with Crippen LogP contribution in [0.1, 0.15) is 31.1 Å². The van der Waals surface area contributed by atoms with Crippen LogP contribution < -0.4 is 39.7 Å². The van der Waals surface area contributed by atoms with Gasteiger partial charge >= 0.3 is 5.97 Å². The average Bonchev–Trinajstić information content (AvgIpc) is 3.53. The van der Waals surface area contributed by atoms with E-state index < -0.39 is 42.2 Å². The lowest BCUT2D eigenvalue weighted by atomic mass is 10.1. The molecule has 252 valence electrons. The molecular formula is C34H34N2O12. The van der Waals surface area contributed by atoms with Gasteiger partial charge < -0.3 is 48.6 Å². The summed E-state index contributed by atoms with van der Waals surface area (Å²) in [6.07, 6.45) is 0. The van der Waals surface area contributed by atoms with Crippen LogP contribution in [0.25, 0.3) is 22.3 Å². The highest BCUT2D eigenvalue weighted by Gasteiger charge is 2.27. The SMILES string of the molecule is COc1cc2oc(-c3cccc(NC(=O)c4ccc5c(c4)OCO5)c3)cc(=O)c2c(OCC(=O)N[C@@H](CO)C(=O)OC(C)(C)C)c1OC. The molecule has 0 saturated heterocycles. The van der Waals surface area contributed by atoms with Crippen molar-refractivity contribution in [3.63, 3.8) is 0 Å². The Morgan fingerprint density at radius 1 is 0.958 bits per heavy atom. The third-order valence-corrected chi connectivity index (χ3v) is 6.91. The lowest BCUT2D eigenvalue weighted by molar-refractivity contribution is -0.159. The second kappa shape index (κ2) is 13.9. The molecule has 14 nitrogen and oxygen atoms in total. The third kappa shape index (κ3) is 7.44. The molecule has 0 spiro atoms. The number of aliphatic hydroxyl groups is 1. The van der Waals surface area contributed by atoms with Crippen molar-refractivity contribution in [3.05, 3.63) is 70.4 Å². The molecular weight excluding hydrogens is 628 g/mol. The van der Waals surface area contributed by atoms with Crippen molar-refractivity contribution in [1.29, 1.82) is 0 Å². The van der Waals surface area contributed by atoms with Crippen LogP contribution in [0.5, 0.6) is 28.7 Å². The summed E-state index contributed by atoms with van der Waals surface area (Å²) in [7, 11) is 2.71. The predicted molar refractivity (Wildman–Crippen MR) is 172 cm³/mol. The maximum Gasteiger partial charge on any atom is 0.331 e. The number of hydrogen-bond acceptors (Lipinski definition) is 12. The fourth-order valence-corrected chi connectivity index (χ4v) is 4.79. The molecule has 1 aliphatic heterocycles. The third-order valence-electron chi connectivity index (χ3n) is 6.91. The summed E-state index contributed by atoms with van der Waals surface area (Å²) >= 11 is 0. The van der Waals surface area contributed by atoms with Crippen molar-refractivity contribution < 1.29 is 52.3 Å². The van der Waals surface area contributed by atoms with E-state index in [9.17, 15) is 24.3 Å². The summed E-state index contributed by atoms with van der Waals surface area (Å²) in [6.45, 7) is 3.67. The molecule has 2 amide bonds. The monoisotopic (exact) mass is 662 g/mol. The van der Waals surface area contributed by atoms with Crippen LogP contribution in [0.2, 0.25) is 0 Å². The molecule has 3 N–H and O–H groups in total. The van der Waals surface area contributed by atoms with Crippen molar-refractivity contribution in [2.75, 3.05) is 39.5 Å². The molecule has 0 fully saturated rings. The Morgan fingerprint density at radius 2 is 1.73 bits per heavy atom. The molecule has 14 heteroatoms. The number of methoxy groups -OCH3 is 2. The second-order valence-electron chi connectivity index (χ2n) is 11.5. The van der Waals surface area contributed by atoms with Gasteiger partial charge in [-0.1, -0.05) is 12.1 Å². The van der Waals surface area contributed by atoms with Crippen molar-refractivity contribution in [1.82, 2.24) is 5.32 Å². The first-order chi connectivity index (χ1) is 22.9. The number of fused-ring (bicyclic) bond motifs is 2. The summed E-state index contributed by atoms with van der Waals surface area (Å²) in [5.41, 5.74) is -0.0312. The first kappa shape index (κ1) is 33.6. The second-order valence-corrected chi connectivity index (χ2v) is 11.5. The normalized spacial score (nSPS) is 12.6. The number of ether oxygens (including phenoxy) is 6. The van der Waals surface area contributed by atoms with Gasteiger partial charge in [0.2, 0.25) is 12.5 Å². The Hall–Kier alpha value is -5.76. The number of aliphatic hydroxyl groups excluding tert-OH is 1. The van der Waals surface area contributed by atoms with E-state index in [-0.39, 0.29) is 46.7 Å². The van der Waals surface area contributed by atoms with Crippen molar-refractivity contribution >= 4 is 34.4 Å². The maximum atomic E-state index is 13.6. The van der Waals surface area contributed by atoms with E-state index in [0.717, 1.165) is 0 Å². The molecule has 0 radical (unpaired) electrons. The molecule has 48 heavy (non-hydrogen) atoms. The molecule has 1 aliphatic rings. The van der Waals surface area contributed by atoms with Crippen LogP contribution in [0.15, 0.2) is 63.8 Å². The highest BCUT2D eigenvalue weighted by molar-refractivity contribution is 6.05. The van der Waals surface area contributed by atoms with Gasteiger partial charge in [-0.15, -0.1) is 0 Å². The number of carbonyl (C=O) groups is 3. The molecule has 1 aromatic heterocycles. The summed E-state index contributed by atoms with van der Waals surface area (Å²) in [5, 5.41) is 14.8. The summed E-state index contributed by atoms with van der Waals surface area (Å²) in [5.74, 6) is -0.754. The Balaban J connectivity index is 1.40. The number of benzene rings is 3. The van der Waals surface area contributed by atoms with Crippen LogP contribution in [0.4, 0.5) is 5.69 Å². The number of esters is 1. The van der Waals surface area contributed by atoms with Gasteiger partial charge in [0.1, 0.15) is 22.3 Å². The number of amides is 2. The smallest absolute Gasteiger partial charge is 0.331 e. The molecule has 4 aromatic rings. The molecule has 0 unspecified atom stereocenters. The largest absolute Gasteiger partial charge is 0.493 e. The van der Waals surface area contributed by atoms with Crippen molar-refractivity contribution in [2.45, 2.75) is 32.4 Å². The fraction of sp³-hybridized carbons (Fsp3) is 0.294. The minimum atomic E-state index is -1.34. The fourth-order valence-electron chi connectivity index (χ4n) is 4.79. The zero-order chi connectivity index (χ0) is 34.6. The first-order valence-corrected chi connectivity index (χ1v) is 14.7. The first-order valence-electron chi connectivity index (χ1n) is 14.7. The van der Waals surface area contributed by atoms with E-state index in [4.69, 9.17) is 32.8 Å². The Labute approximate surface area is 274 Å². The van der Waals surface area contributed by atoms with E-state index in [0.29, 0.717) is 28.3 Å². The number of hydrogen-bond donors (Lipinski definition) is 3. The van der Waals surface area contributed by atoms with Crippen molar-refractivity contribution in [3.8, 4) is 40.1 Å². The summed E-state index contributed by atoms with van der Waals surface area (Å²) < 4.78 is 38.7. The van der Waals surface area contributed by atoms with Gasteiger partial charge in [0.05, 0.1) is 20.8 Å². The average molecular weight is 663 g/mol. The number of anilines is 1. The van der Waals surface area contributed by atoms with Crippen LogP contribution in [0.3, 0.4) is 0 Å². The van der Waals surface area contributed by atoms with Gasteiger partial charge in [0, 0.05) is 28.9 Å². The van der Waals surface area contributed by atoms with E-state index in [2.05, 4.69) is 10.6 Å². The van der Waals surface area contributed by atoms with Gasteiger partial charge in [-0.05, 0) is 51.1 Å². The number of carbonyl (C=O) groups excluding carboxylic acids is 3. The van der Waals surface area contributed by atoms with E-state index in [1.54, 1.807) is 63.2 Å². The summed E-state index contributed by atoms with van der Waals surface area (Å²) in [4.78, 5) is 51.6. The predicted octanol–water partition coefficient (Wildman–Crippen LogP) is 3.66. The Kier molecular flexibility index (Phi) is 9.75. The van der Waals surface area contributed by atoms with Gasteiger partial charge in [-0.2, -0.15) is 0 Å². The lowest BCUT2D eigenvalue weighted by Crippen LogP contribution is -2.47. The molecule has 5 rings (SSSR count). The van der Waals surface area contributed by atoms with Gasteiger partial charge in [-0.25, -0.2) is 4.79 Å². The minimum Gasteiger partial charge on any atom is -0.493 e. The van der Waals surface area contributed by atoms with Crippen molar-refractivity contribution in [2.24, 2.45) is 0 Å². The van der Waals surface area contributed by atoms with E-state index in [1.165, 1.54) is 26.4 Å². The zero-order valence-electron chi connectivity index (χ0n) is 26.8. The van der Waals surface area contributed by atoms with Crippen LogP contribution in [-0.2, 0) is 14.3 Å². The Bertz CT molecular complexity index is 1930. The number of rotatable bonds is 11. The highest BCUT2D eigenvalue weighted by atomic mass is 16.7. The van der Waals surface area contributed by atoms with Gasteiger partial charge in [-0.3, -0.25) is 14.4 Å². The zero-order valence-corrected chi connectivity index (χ0v) is 26.8. The topological polar surface area (TPSA) is 181 Å². The van der Waals surface area contributed by atoms with E-state index >= 15 is 0 Å². The van der Waals surface area contributed by atoms with Gasteiger partial charge in [0.15, 0.2) is 41.1 Å². The molecule has 2 heterocycles. The molecule has 0 aliphatic carbocycles. The molecule has 0 saturated carbocycles. The number of nitrogens with one attached hydrogen (secondary N) is 2. The quantitative estimate of drug-likeness (QED) is 0.199. The molecule has 0 bridgehead atoms. The summed E-state index contributed by atoms with van der Waals surface area (Å²) in [6, 6.07) is 12.9. The van der Waals surface area contributed by atoms with Crippen LogP contribution in [0, 0.1) is 0 Å². The molecule has 3 aromatic carbocycles. The highest BCUT2D eigenvalue weighted by Crippen LogP contribution is 2.43. The Morgan fingerprint density at radius 3 is 2.44 bits per heavy atom. The minimum absolute atomic E-state index is 0.0249. The van der Waals surface area contributed by atoms with Crippen LogP contribution >= 0.6 is 0 Å². The maximum absolute atomic E-state index is 13.6.